The molecular formula is C28H36FN3O4. The highest BCUT2D eigenvalue weighted by atomic mass is 19.1. The average molecular weight is 498 g/mol. The number of carboxylic acids is 1. The van der Waals surface area contributed by atoms with Gasteiger partial charge in [-0.2, -0.15) is 0 Å². The van der Waals surface area contributed by atoms with Gasteiger partial charge in [0.2, 0.25) is 0 Å². The summed E-state index contributed by atoms with van der Waals surface area (Å²) in [5, 5.41) is 13.4. The number of pyridine rings is 1. The third kappa shape index (κ3) is 5.88. The van der Waals surface area contributed by atoms with Gasteiger partial charge < -0.3 is 19.9 Å². The minimum absolute atomic E-state index is 0.0204. The van der Waals surface area contributed by atoms with Gasteiger partial charge in [0.25, 0.3) is 0 Å². The molecule has 0 aliphatic carbocycles. The van der Waals surface area contributed by atoms with Crippen LogP contribution in [0.5, 0.6) is 0 Å². The molecule has 0 radical (unpaired) electrons. The maximum absolute atomic E-state index is 14.1. The van der Waals surface area contributed by atoms with Crippen LogP contribution in [0.25, 0.3) is 0 Å². The highest BCUT2D eigenvalue weighted by Crippen LogP contribution is 2.36. The lowest BCUT2D eigenvalue weighted by molar-refractivity contribution is -0.151. The van der Waals surface area contributed by atoms with Crippen molar-refractivity contribution in [2.75, 3.05) is 44.8 Å². The minimum atomic E-state index is -0.954. The second kappa shape index (κ2) is 11.7. The number of aryl methyl sites for hydroxylation is 2. The summed E-state index contributed by atoms with van der Waals surface area (Å²) in [6.07, 6.45) is 7.20. The van der Waals surface area contributed by atoms with E-state index in [9.17, 15) is 14.3 Å². The molecule has 2 saturated heterocycles. The topological polar surface area (TPSA) is 83.9 Å². The maximum atomic E-state index is 14.1. The Morgan fingerprint density at radius 1 is 1.25 bits per heavy atom. The lowest BCUT2D eigenvalue weighted by Gasteiger charge is -2.43. The maximum Gasteiger partial charge on any atom is 0.325 e. The molecule has 1 aromatic heterocycles. The molecule has 0 bridgehead atoms. The Hall–Kier alpha value is -2.55. The number of anilines is 1. The number of carbonyl (C=O) groups is 1. The van der Waals surface area contributed by atoms with E-state index in [0.717, 1.165) is 62.1 Å². The number of rotatable bonds is 11. The van der Waals surface area contributed by atoms with E-state index in [4.69, 9.17) is 14.5 Å². The van der Waals surface area contributed by atoms with Gasteiger partial charge in [-0.3, -0.25) is 9.69 Å². The quantitative estimate of drug-likeness (QED) is 0.447. The molecule has 2 atom stereocenters. The molecule has 0 spiro atoms. The lowest BCUT2D eigenvalue weighted by Crippen LogP contribution is -2.55. The summed E-state index contributed by atoms with van der Waals surface area (Å²) < 4.78 is 25.6. The van der Waals surface area contributed by atoms with Crippen LogP contribution in [0.15, 0.2) is 30.3 Å². The summed E-state index contributed by atoms with van der Waals surface area (Å²) in [4.78, 5) is 18.8. The van der Waals surface area contributed by atoms with Gasteiger partial charge >= 0.3 is 5.97 Å². The fourth-order valence-electron chi connectivity index (χ4n) is 5.55. The van der Waals surface area contributed by atoms with E-state index in [-0.39, 0.29) is 12.0 Å². The van der Waals surface area contributed by atoms with Gasteiger partial charge in [-0.1, -0.05) is 18.6 Å². The van der Waals surface area contributed by atoms with Crippen molar-refractivity contribution in [1.29, 1.82) is 0 Å². The molecule has 2 unspecified atom stereocenters. The molecule has 8 heteroatoms. The number of aromatic nitrogens is 1. The van der Waals surface area contributed by atoms with Crippen molar-refractivity contribution in [3.8, 4) is 0 Å². The van der Waals surface area contributed by atoms with Crippen LogP contribution in [-0.4, -0.2) is 66.5 Å². The number of fused-ring (bicyclic) bond motifs is 1. The van der Waals surface area contributed by atoms with Crippen LogP contribution in [0.4, 0.5) is 10.2 Å². The molecule has 3 aliphatic heterocycles. The smallest absolute Gasteiger partial charge is 0.325 e. The fraction of sp³-hybridized carbons (Fsp3) is 0.571. The summed E-state index contributed by atoms with van der Waals surface area (Å²) in [5.41, 5.74) is 3.89. The van der Waals surface area contributed by atoms with Crippen LogP contribution < -0.4 is 5.32 Å². The normalized spacial score (nSPS) is 21.0. The summed E-state index contributed by atoms with van der Waals surface area (Å²) in [6.45, 7) is 3.96. The van der Waals surface area contributed by atoms with E-state index >= 15 is 0 Å². The third-order valence-electron chi connectivity index (χ3n) is 7.57. The molecule has 0 saturated carbocycles. The molecule has 2 fully saturated rings. The van der Waals surface area contributed by atoms with Gasteiger partial charge in [0, 0.05) is 44.5 Å². The van der Waals surface area contributed by atoms with Crippen molar-refractivity contribution < 1.29 is 23.8 Å². The molecule has 0 amide bonds. The van der Waals surface area contributed by atoms with E-state index in [1.54, 1.807) is 6.07 Å². The standard InChI is InChI=1S/C28H36FN3O4/c29-21-8-10-24(20-11-14-35-18-20)25(15-21)26(28(33)34)32-16-23(17-32)36-13-3-1-2-6-22-9-7-19-5-4-12-30-27(19)31-22/h7-10,15,20,23,26H,1-6,11-14,16-18H2,(H,30,31)(H,33,34). The highest BCUT2D eigenvalue weighted by Gasteiger charge is 2.39. The van der Waals surface area contributed by atoms with Crippen LogP contribution in [0.2, 0.25) is 0 Å². The van der Waals surface area contributed by atoms with E-state index in [2.05, 4.69) is 17.4 Å². The second-order valence-corrected chi connectivity index (χ2v) is 10.2. The molecule has 2 aromatic rings. The molecule has 194 valence electrons. The number of hydrogen-bond acceptors (Lipinski definition) is 6. The van der Waals surface area contributed by atoms with Crippen molar-refractivity contribution in [3.63, 3.8) is 0 Å². The van der Waals surface area contributed by atoms with Crippen LogP contribution in [0.3, 0.4) is 0 Å². The zero-order chi connectivity index (χ0) is 24.9. The SMILES string of the molecule is O=C(O)C(c1cc(F)ccc1C1CCOC1)N1CC(OCCCCCc2ccc3c(n2)NCCC3)C1. The van der Waals surface area contributed by atoms with Crippen LogP contribution in [0.1, 0.15) is 66.4 Å². The molecule has 7 nitrogen and oxygen atoms in total. The number of unbranched alkanes of at least 4 members (excludes halogenated alkanes) is 2. The van der Waals surface area contributed by atoms with E-state index in [1.807, 2.05) is 4.90 Å². The zero-order valence-corrected chi connectivity index (χ0v) is 20.8. The summed E-state index contributed by atoms with van der Waals surface area (Å²) >= 11 is 0. The number of carboxylic acid groups (broad SMARTS) is 1. The second-order valence-electron chi connectivity index (χ2n) is 10.2. The van der Waals surface area contributed by atoms with Gasteiger partial charge in [-0.05, 0) is 73.4 Å². The van der Waals surface area contributed by atoms with Crippen molar-refractivity contribution in [2.45, 2.75) is 63.0 Å². The fourth-order valence-corrected chi connectivity index (χ4v) is 5.55. The van der Waals surface area contributed by atoms with Gasteiger partial charge in [-0.25, -0.2) is 9.37 Å². The van der Waals surface area contributed by atoms with Gasteiger partial charge in [-0.15, -0.1) is 0 Å². The first-order valence-electron chi connectivity index (χ1n) is 13.3. The molecule has 2 N–H and O–H groups in total. The Balaban J connectivity index is 1.05. The molecule has 4 heterocycles. The van der Waals surface area contributed by atoms with Crippen molar-refractivity contribution >= 4 is 11.8 Å². The van der Waals surface area contributed by atoms with E-state index in [1.165, 1.54) is 24.1 Å². The molecule has 36 heavy (non-hydrogen) atoms. The predicted molar refractivity (Wildman–Crippen MR) is 135 cm³/mol. The number of nitrogens with zero attached hydrogens (tertiary/aromatic N) is 2. The van der Waals surface area contributed by atoms with Crippen molar-refractivity contribution in [3.05, 3.63) is 58.5 Å². The zero-order valence-electron chi connectivity index (χ0n) is 20.8. The third-order valence-corrected chi connectivity index (χ3v) is 7.57. The van der Waals surface area contributed by atoms with E-state index < -0.39 is 17.8 Å². The Kier molecular flexibility index (Phi) is 8.14. The first-order chi connectivity index (χ1) is 17.6. The number of likely N-dealkylation sites (tertiary alicyclic amines) is 1. The van der Waals surface area contributed by atoms with Crippen molar-refractivity contribution in [2.24, 2.45) is 0 Å². The van der Waals surface area contributed by atoms with Gasteiger partial charge in [0.1, 0.15) is 17.7 Å². The number of nitrogens with one attached hydrogen (secondary N) is 1. The molecule has 5 rings (SSSR count). The van der Waals surface area contributed by atoms with Crippen LogP contribution in [0, 0.1) is 5.82 Å². The molecule has 1 aromatic carbocycles. The number of ether oxygens (including phenoxy) is 2. The van der Waals surface area contributed by atoms with Crippen LogP contribution in [-0.2, 0) is 27.1 Å². The Morgan fingerprint density at radius 3 is 2.94 bits per heavy atom. The first-order valence-corrected chi connectivity index (χ1v) is 13.3. The monoisotopic (exact) mass is 497 g/mol. The van der Waals surface area contributed by atoms with Gasteiger partial charge in [0.05, 0.1) is 12.7 Å². The lowest BCUT2D eigenvalue weighted by atomic mass is 9.88. The first kappa shape index (κ1) is 25.1. The number of benzene rings is 1. The Labute approximate surface area is 212 Å². The molecule has 3 aliphatic rings. The Bertz CT molecular complexity index is 1050. The Morgan fingerprint density at radius 2 is 2.14 bits per heavy atom. The van der Waals surface area contributed by atoms with Crippen molar-refractivity contribution in [1.82, 2.24) is 9.88 Å². The predicted octanol–water partition coefficient (Wildman–Crippen LogP) is 4.32. The molecular weight excluding hydrogens is 461 g/mol. The van der Waals surface area contributed by atoms with Crippen LogP contribution >= 0.6 is 0 Å². The largest absolute Gasteiger partial charge is 0.480 e. The van der Waals surface area contributed by atoms with Gasteiger partial charge in [0.15, 0.2) is 0 Å². The number of halogens is 1. The number of aliphatic carboxylic acids is 1. The highest BCUT2D eigenvalue weighted by molar-refractivity contribution is 5.76. The minimum Gasteiger partial charge on any atom is -0.480 e. The average Bonchev–Trinajstić information content (AvgIpc) is 3.38. The summed E-state index contributed by atoms with van der Waals surface area (Å²) in [6, 6.07) is 8.01. The summed E-state index contributed by atoms with van der Waals surface area (Å²) in [5.74, 6) is -0.193. The van der Waals surface area contributed by atoms with E-state index in [0.29, 0.717) is 38.5 Å². The number of hydrogen-bond donors (Lipinski definition) is 2. The summed E-state index contributed by atoms with van der Waals surface area (Å²) in [7, 11) is 0.